The van der Waals surface area contributed by atoms with E-state index < -0.39 is 0 Å². The van der Waals surface area contributed by atoms with E-state index >= 15 is 0 Å². The van der Waals surface area contributed by atoms with Gasteiger partial charge in [0.05, 0.1) is 0 Å². The molecule has 1 amide bonds. The molecule has 1 aliphatic heterocycles. The summed E-state index contributed by atoms with van der Waals surface area (Å²) in [5.74, 6) is 0.127. The van der Waals surface area contributed by atoms with Crippen LogP contribution >= 0.6 is 0 Å². The molecule has 31 heavy (non-hydrogen) atoms. The SMILES string of the molecule is CCCCN1CCN(C(=O)c2cc(-c3ccncc3)cn2Cc2ccc(C)cc2)CC1. The Kier molecular flexibility index (Phi) is 6.82. The highest BCUT2D eigenvalue weighted by Gasteiger charge is 2.25. The molecule has 0 radical (unpaired) electrons. The molecule has 162 valence electrons. The highest BCUT2D eigenvalue weighted by Crippen LogP contribution is 2.24. The lowest BCUT2D eigenvalue weighted by molar-refractivity contribution is 0.0625. The second kappa shape index (κ2) is 9.92. The predicted octanol–water partition coefficient (Wildman–Crippen LogP) is 4.46. The average molecular weight is 417 g/mol. The van der Waals surface area contributed by atoms with Crippen molar-refractivity contribution < 1.29 is 4.79 Å². The fraction of sp³-hybridized carbons (Fsp3) is 0.385. The van der Waals surface area contributed by atoms with Crippen LogP contribution in [0.5, 0.6) is 0 Å². The number of carbonyl (C=O) groups is 1. The second-order valence-electron chi connectivity index (χ2n) is 8.45. The Morgan fingerprint density at radius 3 is 2.35 bits per heavy atom. The van der Waals surface area contributed by atoms with Gasteiger partial charge in [0, 0.05) is 56.9 Å². The Labute approximate surface area is 185 Å². The van der Waals surface area contributed by atoms with Gasteiger partial charge in [0.2, 0.25) is 0 Å². The van der Waals surface area contributed by atoms with Crippen molar-refractivity contribution in [1.82, 2.24) is 19.4 Å². The number of benzene rings is 1. The Morgan fingerprint density at radius 2 is 1.68 bits per heavy atom. The zero-order valence-corrected chi connectivity index (χ0v) is 18.6. The first-order valence-electron chi connectivity index (χ1n) is 11.3. The number of pyridine rings is 1. The zero-order chi connectivity index (χ0) is 21.6. The minimum atomic E-state index is 0.127. The molecule has 0 unspecified atom stereocenters. The first-order chi connectivity index (χ1) is 15.1. The van der Waals surface area contributed by atoms with E-state index in [9.17, 15) is 4.79 Å². The van der Waals surface area contributed by atoms with Crippen molar-refractivity contribution in [3.8, 4) is 11.1 Å². The second-order valence-corrected chi connectivity index (χ2v) is 8.45. The first-order valence-corrected chi connectivity index (χ1v) is 11.3. The standard InChI is InChI=1S/C26H32N4O/c1-3-4-13-28-14-16-29(17-15-28)26(31)25-18-24(23-9-11-27-12-10-23)20-30(25)19-22-7-5-21(2)6-8-22/h5-12,18,20H,3-4,13-17,19H2,1-2H3. The molecule has 0 aliphatic carbocycles. The van der Waals surface area contributed by atoms with Crippen LogP contribution in [0, 0.1) is 6.92 Å². The van der Waals surface area contributed by atoms with Crippen molar-refractivity contribution >= 4 is 5.91 Å². The normalized spacial score (nSPS) is 14.7. The minimum absolute atomic E-state index is 0.127. The average Bonchev–Trinajstić information content (AvgIpc) is 3.23. The van der Waals surface area contributed by atoms with Crippen LogP contribution in [-0.4, -0.2) is 58.0 Å². The van der Waals surface area contributed by atoms with Gasteiger partial charge < -0.3 is 9.47 Å². The third-order valence-corrected chi connectivity index (χ3v) is 6.09. The number of aromatic nitrogens is 2. The number of nitrogens with zero attached hydrogens (tertiary/aromatic N) is 4. The van der Waals surface area contributed by atoms with Gasteiger partial charge in [-0.3, -0.25) is 14.7 Å². The number of hydrogen-bond donors (Lipinski definition) is 0. The predicted molar refractivity (Wildman–Crippen MR) is 125 cm³/mol. The molecule has 0 saturated carbocycles. The number of carbonyl (C=O) groups excluding carboxylic acids is 1. The van der Waals surface area contributed by atoms with Gasteiger partial charge in [-0.25, -0.2) is 0 Å². The Morgan fingerprint density at radius 1 is 0.968 bits per heavy atom. The molecular formula is C26H32N4O. The van der Waals surface area contributed by atoms with Crippen LogP contribution in [0.15, 0.2) is 61.1 Å². The van der Waals surface area contributed by atoms with Gasteiger partial charge in [0.25, 0.3) is 5.91 Å². The molecular weight excluding hydrogens is 384 g/mol. The van der Waals surface area contributed by atoms with Crippen molar-refractivity contribution in [1.29, 1.82) is 0 Å². The van der Waals surface area contributed by atoms with Gasteiger partial charge in [-0.2, -0.15) is 0 Å². The fourth-order valence-corrected chi connectivity index (χ4v) is 4.13. The van der Waals surface area contributed by atoms with Crippen molar-refractivity contribution in [3.05, 3.63) is 77.9 Å². The summed E-state index contributed by atoms with van der Waals surface area (Å²) in [4.78, 5) is 22.1. The number of piperazine rings is 1. The molecule has 5 nitrogen and oxygen atoms in total. The van der Waals surface area contributed by atoms with E-state index in [0.717, 1.165) is 49.5 Å². The van der Waals surface area contributed by atoms with E-state index in [0.29, 0.717) is 6.54 Å². The van der Waals surface area contributed by atoms with E-state index in [2.05, 4.69) is 58.8 Å². The van der Waals surface area contributed by atoms with Crippen molar-refractivity contribution in [3.63, 3.8) is 0 Å². The molecule has 5 heteroatoms. The molecule has 3 aromatic rings. The maximum Gasteiger partial charge on any atom is 0.270 e. The number of aryl methyl sites for hydroxylation is 1. The molecule has 1 aliphatic rings. The summed E-state index contributed by atoms with van der Waals surface area (Å²) in [7, 11) is 0. The van der Waals surface area contributed by atoms with Gasteiger partial charge in [-0.05, 0) is 49.2 Å². The monoisotopic (exact) mass is 416 g/mol. The summed E-state index contributed by atoms with van der Waals surface area (Å²) in [6.07, 6.45) is 8.12. The number of hydrogen-bond acceptors (Lipinski definition) is 3. The fourth-order valence-electron chi connectivity index (χ4n) is 4.13. The van der Waals surface area contributed by atoms with Crippen LogP contribution < -0.4 is 0 Å². The summed E-state index contributed by atoms with van der Waals surface area (Å²) in [5.41, 5.74) is 5.33. The van der Waals surface area contributed by atoms with Crippen LogP contribution in [0.2, 0.25) is 0 Å². The largest absolute Gasteiger partial charge is 0.338 e. The molecule has 0 N–H and O–H groups in total. The lowest BCUT2D eigenvalue weighted by Gasteiger charge is -2.34. The maximum atomic E-state index is 13.5. The van der Waals surface area contributed by atoms with E-state index in [-0.39, 0.29) is 5.91 Å². The molecule has 1 saturated heterocycles. The highest BCUT2D eigenvalue weighted by atomic mass is 16.2. The molecule has 1 fully saturated rings. The quantitative estimate of drug-likeness (QED) is 0.571. The molecule has 3 heterocycles. The van der Waals surface area contributed by atoms with Crippen molar-refractivity contribution in [2.24, 2.45) is 0 Å². The zero-order valence-electron chi connectivity index (χ0n) is 18.6. The summed E-state index contributed by atoms with van der Waals surface area (Å²) in [6, 6.07) is 14.6. The van der Waals surface area contributed by atoms with Gasteiger partial charge >= 0.3 is 0 Å². The van der Waals surface area contributed by atoms with Gasteiger partial charge in [0.15, 0.2) is 0 Å². The summed E-state index contributed by atoms with van der Waals surface area (Å²) in [5, 5.41) is 0. The van der Waals surface area contributed by atoms with Gasteiger partial charge in [0.1, 0.15) is 5.69 Å². The van der Waals surface area contributed by atoms with E-state index in [1.807, 2.05) is 23.1 Å². The third-order valence-electron chi connectivity index (χ3n) is 6.09. The molecule has 0 spiro atoms. The lowest BCUT2D eigenvalue weighted by atomic mass is 10.1. The molecule has 4 rings (SSSR count). The summed E-state index contributed by atoms with van der Waals surface area (Å²) >= 11 is 0. The number of unbranched alkanes of at least 4 members (excludes halogenated alkanes) is 1. The highest BCUT2D eigenvalue weighted by molar-refractivity contribution is 5.94. The third kappa shape index (κ3) is 5.23. The maximum absolute atomic E-state index is 13.5. The molecule has 0 bridgehead atoms. The van der Waals surface area contributed by atoms with Crippen LogP contribution in [0.4, 0.5) is 0 Å². The Balaban J connectivity index is 1.57. The molecule has 2 aromatic heterocycles. The summed E-state index contributed by atoms with van der Waals surface area (Å²) < 4.78 is 2.10. The van der Waals surface area contributed by atoms with Crippen LogP contribution in [0.3, 0.4) is 0 Å². The Bertz CT molecular complexity index is 986. The van der Waals surface area contributed by atoms with E-state index in [1.165, 1.54) is 24.0 Å². The first kappa shape index (κ1) is 21.3. The molecule has 0 atom stereocenters. The van der Waals surface area contributed by atoms with Gasteiger partial charge in [-0.15, -0.1) is 0 Å². The van der Waals surface area contributed by atoms with Crippen molar-refractivity contribution in [2.45, 2.75) is 33.2 Å². The summed E-state index contributed by atoms with van der Waals surface area (Å²) in [6.45, 7) is 9.64. The van der Waals surface area contributed by atoms with Gasteiger partial charge in [-0.1, -0.05) is 43.2 Å². The van der Waals surface area contributed by atoms with Crippen LogP contribution in [0.1, 0.15) is 41.4 Å². The van der Waals surface area contributed by atoms with Crippen LogP contribution in [-0.2, 0) is 6.54 Å². The number of amides is 1. The Hall–Kier alpha value is -2.92. The minimum Gasteiger partial charge on any atom is -0.338 e. The van der Waals surface area contributed by atoms with Crippen LogP contribution in [0.25, 0.3) is 11.1 Å². The van der Waals surface area contributed by atoms with Crippen molar-refractivity contribution in [2.75, 3.05) is 32.7 Å². The smallest absolute Gasteiger partial charge is 0.270 e. The van der Waals surface area contributed by atoms with E-state index in [1.54, 1.807) is 12.4 Å². The number of rotatable bonds is 7. The lowest BCUT2D eigenvalue weighted by Crippen LogP contribution is -2.49. The topological polar surface area (TPSA) is 41.4 Å². The van der Waals surface area contributed by atoms with E-state index in [4.69, 9.17) is 0 Å². The molecule has 1 aromatic carbocycles.